The number of imide groups is 1. The number of amides is 4. The molecule has 2 N–H and O–H groups in total. The highest BCUT2D eigenvalue weighted by atomic mass is 16.5. The number of nitrogens with one attached hydrogen (secondary N) is 1. The van der Waals surface area contributed by atoms with Crippen LogP contribution in [0, 0.1) is 0 Å². The molecule has 3 saturated heterocycles. The molecule has 3 heterocycles. The first-order chi connectivity index (χ1) is 14.5. The predicted molar refractivity (Wildman–Crippen MR) is 109 cm³/mol. The zero-order valence-electron chi connectivity index (χ0n) is 17.7. The van der Waals surface area contributed by atoms with Crippen molar-refractivity contribution < 1.29 is 24.2 Å². The Labute approximate surface area is 177 Å². The number of rotatable bonds is 5. The maximum atomic E-state index is 12.7. The molecule has 0 radical (unpaired) electrons. The van der Waals surface area contributed by atoms with Crippen LogP contribution in [0.2, 0.25) is 0 Å². The molecule has 4 fully saturated rings. The largest absolute Gasteiger partial charge is 0.391 e. The first-order valence-corrected chi connectivity index (χ1v) is 11.4. The summed E-state index contributed by atoms with van der Waals surface area (Å²) in [6, 6.07) is -0.249. The van der Waals surface area contributed by atoms with E-state index in [0.29, 0.717) is 58.4 Å². The lowest BCUT2D eigenvalue weighted by molar-refractivity contribution is -0.133. The minimum Gasteiger partial charge on any atom is -0.391 e. The van der Waals surface area contributed by atoms with Crippen molar-refractivity contribution in [3.05, 3.63) is 0 Å². The summed E-state index contributed by atoms with van der Waals surface area (Å²) in [7, 11) is 0. The molecule has 168 valence electrons. The standard InChI is InChI=1S/C21H34N4O5/c26-17-6-11-24(10-5-16(17)23-12-14-30-15-13-23)18(27)4-3-9-25-19(28)21(22-20(25)29)7-1-2-8-21/h16-17,26H,1-15H2,(H,22,29)/t16-,17-/m0/s1. The van der Waals surface area contributed by atoms with Crippen LogP contribution in [0.4, 0.5) is 4.79 Å². The average Bonchev–Trinajstić information content (AvgIpc) is 3.24. The highest BCUT2D eigenvalue weighted by molar-refractivity contribution is 6.07. The molecule has 4 amide bonds. The fraction of sp³-hybridized carbons (Fsp3) is 0.857. The summed E-state index contributed by atoms with van der Waals surface area (Å²) in [5, 5.41) is 13.5. The van der Waals surface area contributed by atoms with Gasteiger partial charge in [-0.1, -0.05) is 12.8 Å². The van der Waals surface area contributed by atoms with E-state index in [1.54, 1.807) is 0 Å². The van der Waals surface area contributed by atoms with Gasteiger partial charge >= 0.3 is 6.03 Å². The summed E-state index contributed by atoms with van der Waals surface area (Å²) < 4.78 is 5.40. The van der Waals surface area contributed by atoms with Crippen LogP contribution in [0.15, 0.2) is 0 Å². The number of likely N-dealkylation sites (tertiary alicyclic amines) is 1. The minimum atomic E-state index is -0.684. The molecule has 2 atom stereocenters. The Morgan fingerprint density at radius 3 is 2.53 bits per heavy atom. The smallest absolute Gasteiger partial charge is 0.325 e. The van der Waals surface area contributed by atoms with Crippen molar-refractivity contribution in [2.24, 2.45) is 0 Å². The molecule has 0 aromatic heterocycles. The zero-order valence-corrected chi connectivity index (χ0v) is 17.7. The number of urea groups is 1. The topological polar surface area (TPSA) is 102 Å². The van der Waals surface area contributed by atoms with Gasteiger partial charge in [0.2, 0.25) is 5.91 Å². The molecule has 0 bridgehead atoms. The molecule has 4 rings (SSSR count). The Bertz CT molecular complexity index is 660. The number of hydrogen-bond acceptors (Lipinski definition) is 6. The number of nitrogens with zero attached hydrogens (tertiary/aromatic N) is 3. The molecule has 0 aromatic rings. The molecule has 0 unspecified atom stereocenters. The van der Waals surface area contributed by atoms with Crippen LogP contribution in [0.5, 0.6) is 0 Å². The van der Waals surface area contributed by atoms with Crippen LogP contribution >= 0.6 is 0 Å². The number of ether oxygens (including phenoxy) is 1. The van der Waals surface area contributed by atoms with E-state index in [1.165, 1.54) is 4.90 Å². The van der Waals surface area contributed by atoms with Gasteiger partial charge in [-0.25, -0.2) is 4.79 Å². The van der Waals surface area contributed by atoms with Gasteiger partial charge in [-0.05, 0) is 32.1 Å². The van der Waals surface area contributed by atoms with Gasteiger partial charge in [0.1, 0.15) is 5.54 Å². The Kier molecular flexibility index (Phi) is 6.60. The SMILES string of the molecule is O=C(CCCN1C(=O)NC2(CCCC2)C1=O)N1CC[C@H](O)[C@@H](N2CCOCC2)CC1. The molecular formula is C21H34N4O5. The van der Waals surface area contributed by atoms with Crippen LogP contribution in [0.25, 0.3) is 0 Å². The number of hydrogen-bond donors (Lipinski definition) is 2. The molecule has 0 aromatic carbocycles. The van der Waals surface area contributed by atoms with Crippen LogP contribution < -0.4 is 5.32 Å². The monoisotopic (exact) mass is 422 g/mol. The first-order valence-electron chi connectivity index (χ1n) is 11.4. The Hall–Kier alpha value is -1.71. The molecule has 1 aliphatic carbocycles. The fourth-order valence-electron chi connectivity index (χ4n) is 5.40. The van der Waals surface area contributed by atoms with Crippen molar-refractivity contribution in [2.45, 2.75) is 69.1 Å². The maximum absolute atomic E-state index is 12.7. The van der Waals surface area contributed by atoms with Crippen LogP contribution in [-0.2, 0) is 14.3 Å². The number of aliphatic hydroxyl groups is 1. The van der Waals surface area contributed by atoms with Gasteiger partial charge in [-0.2, -0.15) is 0 Å². The highest BCUT2D eigenvalue weighted by Gasteiger charge is 2.52. The summed E-state index contributed by atoms with van der Waals surface area (Å²) >= 11 is 0. The molecule has 9 heteroatoms. The number of aliphatic hydroxyl groups excluding tert-OH is 1. The quantitative estimate of drug-likeness (QED) is 0.619. The van der Waals surface area contributed by atoms with Crippen molar-refractivity contribution in [3.63, 3.8) is 0 Å². The van der Waals surface area contributed by atoms with Crippen molar-refractivity contribution in [1.29, 1.82) is 0 Å². The average molecular weight is 423 g/mol. The lowest BCUT2D eigenvalue weighted by Crippen LogP contribution is -2.49. The third-order valence-corrected chi connectivity index (χ3v) is 7.18. The second-order valence-electron chi connectivity index (χ2n) is 9.02. The van der Waals surface area contributed by atoms with E-state index in [0.717, 1.165) is 32.4 Å². The van der Waals surface area contributed by atoms with Gasteiger partial charge in [0, 0.05) is 45.2 Å². The summed E-state index contributed by atoms with van der Waals surface area (Å²) in [6.45, 7) is 4.49. The van der Waals surface area contributed by atoms with Gasteiger partial charge in [0.05, 0.1) is 19.3 Å². The van der Waals surface area contributed by atoms with Crippen molar-refractivity contribution >= 4 is 17.8 Å². The van der Waals surface area contributed by atoms with E-state index >= 15 is 0 Å². The third kappa shape index (κ3) is 4.33. The van der Waals surface area contributed by atoms with Gasteiger partial charge in [0.25, 0.3) is 5.91 Å². The summed E-state index contributed by atoms with van der Waals surface area (Å²) in [6.07, 6.45) is 5.03. The highest BCUT2D eigenvalue weighted by Crippen LogP contribution is 2.35. The molecule has 9 nitrogen and oxygen atoms in total. The number of carbonyl (C=O) groups excluding carboxylic acids is 3. The van der Waals surface area contributed by atoms with Gasteiger partial charge < -0.3 is 20.1 Å². The molecule has 4 aliphatic rings. The number of carbonyl (C=O) groups is 3. The van der Waals surface area contributed by atoms with E-state index in [2.05, 4.69) is 10.2 Å². The zero-order chi connectivity index (χ0) is 21.1. The van der Waals surface area contributed by atoms with Gasteiger partial charge in [-0.15, -0.1) is 0 Å². The van der Waals surface area contributed by atoms with Crippen molar-refractivity contribution in [1.82, 2.24) is 20.0 Å². The predicted octanol–water partition coefficient (Wildman–Crippen LogP) is 0.315. The van der Waals surface area contributed by atoms with E-state index in [1.807, 2.05) is 4.90 Å². The number of morpholine rings is 1. The second kappa shape index (κ2) is 9.20. The van der Waals surface area contributed by atoms with Gasteiger partial charge in [0.15, 0.2) is 0 Å². The lowest BCUT2D eigenvalue weighted by atomic mass is 9.98. The first kappa shape index (κ1) is 21.5. The molecule has 3 aliphatic heterocycles. The molecule has 30 heavy (non-hydrogen) atoms. The fourth-order valence-corrected chi connectivity index (χ4v) is 5.40. The van der Waals surface area contributed by atoms with E-state index in [-0.39, 0.29) is 30.4 Å². The van der Waals surface area contributed by atoms with Gasteiger partial charge in [-0.3, -0.25) is 19.4 Å². The van der Waals surface area contributed by atoms with Crippen LogP contribution in [-0.4, -0.2) is 101 Å². The Balaban J connectivity index is 1.24. The van der Waals surface area contributed by atoms with E-state index in [9.17, 15) is 19.5 Å². The third-order valence-electron chi connectivity index (χ3n) is 7.18. The van der Waals surface area contributed by atoms with Crippen LogP contribution in [0.3, 0.4) is 0 Å². The van der Waals surface area contributed by atoms with Crippen LogP contribution in [0.1, 0.15) is 51.4 Å². The summed E-state index contributed by atoms with van der Waals surface area (Å²) in [5.74, 6) is -0.0869. The van der Waals surface area contributed by atoms with E-state index in [4.69, 9.17) is 4.74 Å². The normalized spacial score (nSPS) is 30.0. The molecule has 1 saturated carbocycles. The minimum absolute atomic E-state index is 0.0347. The Morgan fingerprint density at radius 1 is 1.10 bits per heavy atom. The summed E-state index contributed by atoms with van der Waals surface area (Å²) in [5.41, 5.74) is -0.684. The molecule has 1 spiro atoms. The molecular weight excluding hydrogens is 388 g/mol. The maximum Gasteiger partial charge on any atom is 0.325 e. The van der Waals surface area contributed by atoms with Crippen molar-refractivity contribution in [2.75, 3.05) is 45.9 Å². The van der Waals surface area contributed by atoms with E-state index < -0.39 is 11.6 Å². The Morgan fingerprint density at radius 2 is 1.80 bits per heavy atom. The summed E-state index contributed by atoms with van der Waals surface area (Å²) in [4.78, 5) is 43.1. The lowest BCUT2D eigenvalue weighted by Gasteiger charge is -2.36. The second-order valence-corrected chi connectivity index (χ2v) is 9.02. The van der Waals surface area contributed by atoms with Crippen molar-refractivity contribution in [3.8, 4) is 0 Å².